The third kappa shape index (κ3) is 3.90. The Morgan fingerprint density at radius 2 is 1.89 bits per heavy atom. The van der Waals surface area contributed by atoms with Crippen molar-refractivity contribution in [2.45, 2.75) is 37.6 Å². The Balaban J connectivity index is 2.09. The summed E-state index contributed by atoms with van der Waals surface area (Å²) >= 11 is 5.94. The second-order valence-corrected chi connectivity index (χ2v) is 5.51. The Morgan fingerprint density at radius 1 is 1.16 bits per heavy atom. The van der Waals surface area contributed by atoms with Crippen LogP contribution >= 0.6 is 11.6 Å². The molecule has 1 heterocycles. The molecule has 0 N–H and O–H groups in total. The zero-order valence-corrected chi connectivity index (χ0v) is 11.8. The third-order valence-corrected chi connectivity index (χ3v) is 4.13. The molecule has 1 aromatic carbocycles. The Labute approximate surface area is 118 Å². The van der Waals surface area contributed by atoms with Crippen LogP contribution in [0.25, 0.3) is 0 Å². The highest BCUT2D eigenvalue weighted by Crippen LogP contribution is 2.31. The van der Waals surface area contributed by atoms with E-state index >= 15 is 0 Å². The maximum absolute atomic E-state index is 14.3. The molecule has 0 radical (unpaired) electrons. The fourth-order valence-corrected chi connectivity index (χ4v) is 3.00. The summed E-state index contributed by atoms with van der Waals surface area (Å²) in [5.41, 5.74) is 0.0903. The van der Waals surface area contributed by atoms with Gasteiger partial charge in [0.25, 0.3) is 5.92 Å². The third-order valence-electron chi connectivity index (χ3n) is 3.77. The summed E-state index contributed by atoms with van der Waals surface area (Å²) in [4.78, 5) is 1.87. The van der Waals surface area contributed by atoms with Crippen molar-refractivity contribution in [2.24, 2.45) is 0 Å². The molecule has 19 heavy (non-hydrogen) atoms. The molecule has 1 unspecified atom stereocenters. The lowest BCUT2D eigenvalue weighted by molar-refractivity contribution is -0.0455. The van der Waals surface area contributed by atoms with Crippen LogP contribution in [0.5, 0.6) is 0 Å². The van der Waals surface area contributed by atoms with Crippen molar-refractivity contribution in [3.05, 3.63) is 35.9 Å². The van der Waals surface area contributed by atoms with Crippen LogP contribution in [0.15, 0.2) is 30.3 Å². The van der Waals surface area contributed by atoms with E-state index in [1.165, 1.54) is 12.1 Å². The molecule has 0 aliphatic carbocycles. The van der Waals surface area contributed by atoms with Crippen LogP contribution in [-0.2, 0) is 5.92 Å². The summed E-state index contributed by atoms with van der Waals surface area (Å²) in [7, 11) is 0. The zero-order valence-electron chi connectivity index (χ0n) is 11.0. The SMILES string of the molecule is FC(F)(CN1CCCCCC1CCl)c1ccccc1. The first-order valence-corrected chi connectivity index (χ1v) is 7.40. The van der Waals surface area contributed by atoms with Gasteiger partial charge in [0.15, 0.2) is 0 Å². The van der Waals surface area contributed by atoms with E-state index in [9.17, 15) is 8.78 Å². The van der Waals surface area contributed by atoms with E-state index < -0.39 is 5.92 Å². The minimum atomic E-state index is -2.81. The topological polar surface area (TPSA) is 3.24 Å². The Morgan fingerprint density at radius 3 is 2.58 bits per heavy atom. The van der Waals surface area contributed by atoms with Crippen LogP contribution in [0.3, 0.4) is 0 Å². The molecule has 4 heteroatoms. The first-order valence-electron chi connectivity index (χ1n) is 6.87. The standard InChI is InChI=1S/C15H20ClF2N/c16-11-14-9-5-2-6-10-19(14)12-15(17,18)13-7-3-1-4-8-13/h1,3-4,7-8,14H,2,5-6,9-12H2. The quantitative estimate of drug-likeness (QED) is 0.748. The van der Waals surface area contributed by atoms with Crippen LogP contribution in [0.2, 0.25) is 0 Å². The van der Waals surface area contributed by atoms with Gasteiger partial charge in [-0.15, -0.1) is 11.6 Å². The van der Waals surface area contributed by atoms with Gasteiger partial charge >= 0.3 is 0 Å². The summed E-state index contributed by atoms with van der Waals surface area (Å²) < 4.78 is 28.6. The van der Waals surface area contributed by atoms with E-state index in [-0.39, 0.29) is 18.2 Å². The average Bonchev–Trinajstić information content (AvgIpc) is 2.64. The molecular formula is C15H20ClF2N. The van der Waals surface area contributed by atoms with Gasteiger partial charge in [-0.2, -0.15) is 8.78 Å². The molecule has 1 fully saturated rings. The largest absolute Gasteiger partial charge is 0.293 e. The Bertz CT molecular complexity index is 383. The van der Waals surface area contributed by atoms with Gasteiger partial charge in [0.2, 0.25) is 0 Å². The number of halogens is 3. The number of hydrogen-bond acceptors (Lipinski definition) is 1. The molecule has 0 spiro atoms. The number of alkyl halides is 3. The zero-order chi connectivity index (χ0) is 13.7. The first-order chi connectivity index (χ1) is 9.13. The van der Waals surface area contributed by atoms with Gasteiger partial charge in [-0.05, 0) is 19.4 Å². The molecule has 2 rings (SSSR count). The van der Waals surface area contributed by atoms with Crippen molar-refractivity contribution in [3.8, 4) is 0 Å². The number of rotatable bonds is 4. The van der Waals surface area contributed by atoms with Crippen molar-refractivity contribution in [1.82, 2.24) is 4.90 Å². The molecular weight excluding hydrogens is 268 g/mol. The van der Waals surface area contributed by atoms with Crippen molar-refractivity contribution in [1.29, 1.82) is 0 Å². The number of benzene rings is 1. The highest BCUT2D eigenvalue weighted by molar-refractivity contribution is 6.18. The van der Waals surface area contributed by atoms with Gasteiger partial charge in [-0.3, -0.25) is 4.90 Å². The van der Waals surface area contributed by atoms with E-state index in [2.05, 4.69) is 0 Å². The lowest BCUT2D eigenvalue weighted by atomic mass is 10.1. The normalized spacial score (nSPS) is 22.2. The second-order valence-electron chi connectivity index (χ2n) is 5.20. The van der Waals surface area contributed by atoms with Crippen LogP contribution in [0.1, 0.15) is 31.2 Å². The molecule has 106 valence electrons. The van der Waals surface area contributed by atoms with Crippen molar-refractivity contribution in [3.63, 3.8) is 0 Å². The molecule has 0 amide bonds. The molecule has 0 aromatic heterocycles. The van der Waals surface area contributed by atoms with E-state index in [0.717, 1.165) is 32.2 Å². The summed E-state index contributed by atoms with van der Waals surface area (Å²) in [6, 6.07) is 8.14. The van der Waals surface area contributed by atoms with E-state index in [1.807, 2.05) is 4.90 Å². The molecule has 1 aliphatic heterocycles. The maximum Gasteiger partial charge on any atom is 0.285 e. The lowest BCUT2D eigenvalue weighted by Gasteiger charge is -2.32. The summed E-state index contributed by atoms with van der Waals surface area (Å²) in [5, 5.41) is 0. The molecule has 1 nitrogen and oxygen atoms in total. The molecule has 1 aromatic rings. The van der Waals surface area contributed by atoms with E-state index in [0.29, 0.717) is 5.88 Å². The fraction of sp³-hybridized carbons (Fsp3) is 0.600. The van der Waals surface area contributed by atoms with Gasteiger partial charge in [0, 0.05) is 17.5 Å². The summed E-state index contributed by atoms with van der Waals surface area (Å²) in [5.74, 6) is -2.37. The van der Waals surface area contributed by atoms with Crippen LogP contribution in [-0.4, -0.2) is 29.9 Å². The lowest BCUT2D eigenvalue weighted by Crippen LogP contribution is -2.43. The molecule has 1 atom stereocenters. The summed E-state index contributed by atoms with van der Waals surface area (Å²) in [6.45, 7) is 0.494. The Kier molecular flexibility index (Phi) is 5.17. The Hall–Kier alpha value is -0.670. The van der Waals surface area contributed by atoms with Gasteiger partial charge in [-0.25, -0.2) is 0 Å². The predicted molar refractivity (Wildman–Crippen MR) is 74.9 cm³/mol. The molecule has 1 aliphatic rings. The number of nitrogens with zero attached hydrogens (tertiary/aromatic N) is 1. The van der Waals surface area contributed by atoms with Crippen LogP contribution in [0.4, 0.5) is 8.78 Å². The molecule has 0 saturated carbocycles. The highest BCUT2D eigenvalue weighted by atomic mass is 35.5. The number of hydrogen-bond donors (Lipinski definition) is 0. The fourth-order valence-electron chi connectivity index (χ4n) is 2.65. The molecule has 1 saturated heterocycles. The monoisotopic (exact) mass is 287 g/mol. The predicted octanol–water partition coefficient (Wildman–Crippen LogP) is 4.26. The van der Waals surface area contributed by atoms with Crippen molar-refractivity contribution >= 4 is 11.6 Å². The van der Waals surface area contributed by atoms with E-state index in [4.69, 9.17) is 11.6 Å². The van der Waals surface area contributed by atoms with Crippen molar-refractivity contribution in [2.75, 3.05) is 19.0 Å². The van der Waals surface area contributed by atoms with Gasteiger partial charge in [-0.1, -0.05) is 43.2 Å². The van der Waals surface area contributed by atoms with Gasteiger partial charge < -0.3 is 0 Å². The average molecular weight is 288 g/mol. The summed E-state index contributed by atoms with van der Waals surface area (Å²) in [6.07, 6.45) is 4.11. The highest BCUT2D eigenvalue weighted by Gasteiger charge is 2.36. The smallest absolute Gasteiger partial charge is 0.285 e. The van der Waals surface area contributed by atoms with Crippen LogP contribution < -0.4 is 0 Å². The number of likely N-dealkylation sites (tertiary alicyclic amines) is 1. The van der Waals surface area contributed by atoms with Gasteiger partial charge in [0.05, 0.1) is 6.54 Å². The minimum Gasteiger partial charge on any atom is -0.293 e. The molecule has 0 bridgehead atoms. The first kappa shape index (κ1) is 14.7. The second kappa shape index (κ2) is 6.67. The van der Waals surface area contributed by atoms with Crippen molar-refractivity contribution < 1.29 is 8.78 Å². The minimum absolute atomic E-state index is 0.0822. The van der Waals surface area contributed by atoms with Gasteiger partial charge in [0.1, 0.15) is 0 Å². The van der Waals surface area contributed by atoms with E-state index in [1.54, 1.807) is 18.2 Å². The maximum atomic E-state index is 14.3. The van der Waals surface area contributed by atoms with Crippen LogP contribution in [0, 0.1) is 0 Å².